The number of rotatable bonds is 9. The molecule has 3 rings (SSSR count). The molecule has 0 bridgehead atoms. The van der Waals surface area contributed by atoms with Crippen molar-refractivity contribution in [3.05, 3.63) is 59.7 Å². The maximum atomic E-state index is 12.5. The van der Waals surface area contributed by atoms with Gasteiger partial charge in [0.15, 0.2) is 0 Å². The quantitative estimate of drug-likeness (QED) is 0.585. The first-order chi connectivity index (χ1) is 14.7. The van der Waals surface area contributed by atoms with Crippen molar-refractivity contribution < 1.29 is 21.6 Å². The molecular weight excluding hydrogens is 438 g/mol. The van der Waals surface area contributed by atoms with Gasteiger partial charge in [-0.2, -0.15) is 4.31 Å². The summed E-state index contributed by atoms with van der Waals surface area (Å²) in [5, 5.41) is 2.82. The van der Waals surface area contributed by atoms with E-state index in [2.05, 4.69) is 10.0 Å². The van der Waals surface area contributed by atoms with Crippen molar-refractivity contribution >= 4 is 26.0 Å². The van der Waals surface area contributed by atoms with Crippen molar-refractivity contribution in [1.82, 2.24) is 14.3 Å². The largest absolute Gasteiger partial charge is 0.352 e. The minimum atomic E-state index is -3.47. The van der Waals surface area contributed by atoms with E-state index >= 15 is 0 Å². The molecule has 0 spiro atoms. The summed E-state index contributed by atoms with van der Waals surface area (Å²) in [6, 6.07) is 13.0. The Morgan fingerprint density at radius 1 is 0.871 bits per heavy atom. The zero-order valence-electron chi connectivity index (χ0n) is 17.4. The van der Waals surface area contributed by atoms with Crippen molar-refractivity contribution in [3.63, 3.8) is 0 Å². The van der Waals surface area contributed by atoms with Gasteiger partial charge in [-0.25, -0.2) is 21.6 Å². The zero-order valence-corrected chi connectivity index (χ0v) is 19.0. The average Bonchev–Trinajstić information content (AvgIpc) is 3.33. The molecule has 1 fully saturated rings. The van der Waals surface area contributed by atoms with Crippen molar-refractivity contribution in [2.45, 2.75) is 42.0 Å². The van der Waals surface area contributed by atoms with Crippen LogP contribution >= 0.6 is 0 Å². The van der Waals surface area contributed by atoms with Gasteiger partial charge in [0.2, 0.25) is 26.0 Å². The van der Waals surface area contributed by atoms with Gasteiger partial charge in [0.05, 0.1) is 9.79 Å². The monoisotopic (exact) mass is 465 g/mol. The third-order valence-electron chi connectivity index (χ3n) is 5.26. The highest BCUT2D eigenvalue weighted by Crippen LogP contribution is 2.21. The lowest BCUT2D eigenvalue weighted by atomic mass is 10.1. The molecule has 2 N–H and O–H groups in total. The molecule has 0 radical (unpaired) electrons. The molecule has 0 saturated carbocycles. The molecule has 2 aromatic carbocycles. The van der Waals surface area contributed by atoms with Crippen LogP contribution in [-0.2, 0) is 37.8 Å². The van der Waals surface area contributed by atoms with Crippen LogP contribution in [0.3, 0.4) is 0 Å². The van der Waals surface area contributed by atoms with E-state index in [0.29, 0.717) is 26.1 Å². The number of nitrogens with zero attached hydrogens (tertiary/aromatic N) is 1. The zero-order chi connectivity index (χ0) is 22.5. The maximum absolute atomic E-state index is 12.5. The Morgan fingerprint density at radius 2 is 1.42 bits per heavy atom. The van der Waals surface area contributed by atoms with Gasteiger partial charge < -0.3 is 5.32 Å². The van der Waals surface area contributed by atoms with Gasteiger partial charge in [0.1, 0.15) is 0 Å². The molecule has 31 heavy (non-hydrogen) atoms. The fourth-order valence-electron chi connectivity index (χ4n) is 3.36. The summed E-state index contributed by atoms with van der Waals surface area (Å²) in [7, 11) is -5.55. The Labute approximate surface area is 183 Å². The van der Waals surface area contributed by atoms with Crippen molar-refractivity contribution in [1.29, 1.82) is 0 Å². The van der Waals surface area contributed by atoms with Gasteiger partial charge in [-0.1, -0.05) is 24.3 Å². The van der Waals surface area contributed by atoms with Gasteiger partial charge in [-0.05, 0) is 61.7 Å². The molecule has 2 aromatic rings. The molecule has 10 heteroatoms. The Kier molecular flexibility index (Phi) is 7.47. The normalized spacial score (nSPS) is 15.1. The van der Waals surface area contributed by atoms with Gasteiger partial charge in [-0.15, -0.1) is 0 Å². The average molecular weight is 466 g/mol. The second-order valence-electron chi connectivity index (χ2n) is 7.38. The van der Waals surface area contributed by atoms with Crippen molar-refractivity contribution in [2.24, 2.45) is 0 Å². The number of carbonyl (C=O) groups is 1. The molecule has 8 nitrogen and oxygen atoms in total. The van der Waals surface area contributed by atoms with Crippen LogP contribution in [0.25, 0.3) is 0 Å². The minimum absolute atomic E-state index is 0.138. The number of hydrogen-bond acceptors (Lipinski definition) is 5. The van der Waals surface area contributed by atoms with E-state index in [9.17, 15) is 21.6 Å². The second kappa shape index (κ2) is 9.90. The van der Waals surface area contributed by atoms with Gasteiger partial charge in [-0.3, -0.25) is 4.79 Å². The van der Waals surface area contributed by atoms with Gasteiger partial charge in [0, 0.05) is 26.1 Å². The van der Waals surface area contributed by atoms with E-state index in [0.717, 1.165) is 24.0 Å². The van der Waals surface area contributed by atoms with E-state index in [-0.39, 0.29) is 22.1 Å². The molecule has 1 aliphatic heterocycles. The molecule has 0 unspecified atom stereocenters. The lowest BCUT2D eigenvalue weighted by Gasteiger charge is -2.15. The number of sulfonamides is 2. The highest BCUT2D eigenvalue weighted by Gasteiger charge is 2.26. The summed E-state index contributed by atoms with van der Waals surface area (Å²) in [5.41, 5.74) is 1.68. The second-order valence-corrected chi connectivity index (χ2v) is 11.2. The maximum Gasteiger partial charge on any atom is 0.243 e. The van der Waals surface area contributed by atoms with Crippen LogP contribution in [0, 0.1) is 0 Å². The van der Waals surface area contributed by atoms with Crippen LogP contribution in [0.4, 0.5) is 0 Å². The molecule has 0 aromatic heterocycles. The molecule has 1 amide bonds. The summed E-state index contributed by atoms with van der Waals surface area (Å²) in [6.07, 6.45) is 2.53. The number of aryl methyl sites for hydroxylation is 1. The van der Waals surface area contributed by atoms with E-state index < -0.39 is 20.0 Å². The van der Waals surface area contributed by atoms with Crippen LogP contribution in [0.1, 0.15) is 30.4 Å². The Hall–Kier alpha value is -2.27. The van der Waals surface area contributed by atoms with Crippen LogP contribution in [-0.4, -0.2) is 47.2 Å². The third-order valence-corrected chi connectivity index (χ3v) is 8.60. The number of hydrogen-bond donors (Lipinski definition) is 2. The number of amides is 1. The number of benzene rings is 2. The molecule has 1 heterocycles. The molecule has 0 aliphatic carbocycles. The third kappa shape index (κ3) is 5.91. The SMILES string of the molecule is CNS(=O)(=O)c1ccc(CCC(=O)NCc2ccc(S(=O)(=O)N3CCCC3)cc2)cc1. The van der Waals surface area contributed by atoms with Gasteiger partial charge in [0.25, 0.3) is 0 Å². The molecule has 0 atom stereocenters. The van der Waals surface area contributed by atoms with Crippen molar-refractivity contribution in [3.8, 4) is 0 Å². The van der Waals surface area contributed by atoms with Crippen molar-refractivity contribution in [2.75, 3.05) is 20.1 Å². The predicted molar refractivity (Wildman–Crippen MR) is 117 cm³/mol. The molecule has 1 saturated heterocycles. The van der Waals surface area contributed by atoms with E-state index in [4.69, 9.17) is 0 Å². The smallest absolute Gasteiger partial charge is 0.243 e. The Morgan fingerprint density at radius 3 is 2.00 bits per heavy atom. The Balaban J connectivity index is 1.48. The van der Waals surface area contributed by atoms with Crippen LogP contribution in [0.15, 0.2) is 58.3 Å². The highest BCUT2D eigenvalue weighted by molar-refractivity contribution is 7.89. The minimum Gasteiger partial charge on any atom is -0.352 e. The molecule has 168 valence electrons. The first-order valence-electron chi connectivity index (χ1n) is 10.1. The topological polar surface area (TPSA) is 113 Å². The summed E-state index contributed by atoms with van der Waals surface area (Å²) >= 11 is 0. The lowest BCUT2D eigenvalue weighted by molar-refractivity contribution is -0.121. The lowest BCUT2D eigenvalue weighted by Crippen LogP contribution is -2.28. The first kappa shape index (κ1) is 23.4. The Bertz CT molecular complexity index is 1110. The van der Waals surface area contributed by atoms with Gasteiger partial charge >= 0.3 is 0 Å². The predicted octanol–water partition coefficient (Wildman–Crippen LogP) is 1.63. The molecular formula is C21H27N3O5S2. The fraction of sp³-hybridized carbons (Fsp3) is 0.381. The standard InChI is InChI=1S/C21H27N3O5S2/c1-22-30(26,27)19-9-4-17(5-10-19)8-13-21(25)23-16-18-6-11-20(12-7-18)31(28,29)24-14-2-3-15-24/h4-7,9-12,22H,2-3,8,13-16H2,1H3,(H,23,25). The summed E-state index contributed by atoms with van der Waals surface area (Å²) in [6.45, 7) is 1.44. The fourth-order valence-corrected chi connectivity index (χ4v) is 5.60. The summed E-state index contributed by atoms with van der Waals surface area (Å²) < 4.78 is 52.3. The highest BCUT2D eigenvalue weighted by atomic mass is 32.2. The number of nitrogens with one attached hydrogen (secondary N) is 2. The van der Waals surface area contributed by atoms with E-state index in [1.54, 1.807) is 36.4 Å². The van der Waals surface area contributed by atoms with Crippen LogP contribution in [0.5, 0.6) is 0 Å². The molecule has 1 aliphatic rings. The first-order valence-corrected chi connectivity index (χ1v) is 13.0. The van der Waals surface area contributed by atoms with Crippen LogP contribution < -0.4 is 10.0 Å². The summed E-state index contributed by atoms with van der Waals surface area (Å²) in [5.74, 6) is -0.138. The summed E-state index contributed by atoms with van der Waals surface area (Å²) in [4.78, 5) is 12.6. The van der Waals surface area contributed by atoms with Crippen LogP contribution in [0.2, 0.25) is 0 Å². The van der Waals surface area contributed by atoms with E-state index in [1.165, 1.54) is 23.5 Å². The number of carbonyl (C=O) groups excluding carboxylic acids is 1. The van der Waals surface area contributed by atoms with E-state index in [1.807, 2.05) is 0 Å².